The molecule has 0 fully saturated rings. The van der Waals surface area contributed by atoms with E-state index in [0.717, 1.165) is 19.4 Å². The SMILES string of the molecule is CCc1ccc2c(ccn2CCCC#N)c1. The molecule has 0 aliphatic rings. The Morgan fingerprint density at radius 2 is 2.19 bits per heavy atom. The summed E-state index contributed by atoms with van der Waals surface area (Å²) in [7, 11) is 0. The third kappa shape index (κ3) is 2.09. The smallest absolute Gasteiger partial charge is 0.0622 e. The van der Waals surface area contributed by atoms with Crippen LogP contribution in [0.25, 0.3) is 10.9 Å². The van der Waals surface area contributed by atoms with E-state index < -0.39 is 0 Å². The molecule has 82 valence electrons. The minimum atomic E-state index is 0.632. The molecule has 0 unspecified atom stereocenters. The van der Waals surface area contributed by atoms with E-state index in [-0.39, 0.29) is 0 Å². The summed E-state index contributed by atoms with van der Waals surface area (Å²) in [5.41, 5.74) is 2.65. The van der Waals surface area contributed by atoms with Gasteiger partial charge in [-0.2, -0.15) is 5.26 Å². The molecule has 0 amide bonds. The summed E-state index contributed by atoms with van der Waals surface area (Å²) in [5.74, 6) is 0. The normalized spacial score (nSPS) is 10.5. The van der Waals surface area contributed by atoms with Gasteiger partial charge in [0.15, 0.2) is 0 Å². The van der Waals surface area contributed by atoms with Gasteiger partial charge in [0.1, 0.15) is 0 Å². The van der Waals surface area contributed by atoms with Crippen LogP contribution in [0.3, 0.4) is 0 Å². The second kappa shape index (κ2) is 4.85. The Morgan fingerprint density at radius 1 is 1.31 bits per heavy atom. The van der Waals surface area contributed by atoms with E-state index in [1.165, 1.54) is 16.5 Å². The lowest BCUT2D eigenvalue weighted by Crippen LogP contribution is -1.95. The van der Waals surface area contributed by atoms with Crippen LogP contribution in [0.15, 0.2) is 30.5 Å². The quantitative estimate of drug-likeness (QED) is 0.713. The minimum Gasteiger partial charge on any atom is -0.347 e. The zero-order chi connectivity index (χ0) is 11.4. The van der Waals surface area contributed by atoms with Crippen molar-refractivity contribution in [2.45, 2.75) is 32.7 Å². The van der Waals surface area contributed by atoms with Crippen LogP contribution in [-0.2, 0) is 13.0 Å². The predicted octanol–water partition coefficient (Wildman–Crippen LogP) is 3.51. The van der Waals surface area contributed by atoms with Crippen LogP contribution < -0.4 is 0 Å². The number of aryl methyl sites for hydroxylation is 2. The average Bonchev–Trinajstić information content (AvgIpc) is 2.72. The van der Waals surface area contributed by atoms with Crippen molar-refractivity contribution >= 4 is 10.9 Å². The van der Waals surface area contributed by atoms with Gasteiger partial charge in [-0.3, -0.25) is 0 Å². The molecule has 2 nitrogen and oxygen atoms in total. The maximum Gasteiger partial charge on any atom is 0.0622 e. The molecule has 0 aliphatic carbocycles. The molecule has 0 atom stereocenters. The van der Waals surface area contributed by atoms with Crippen molar-refractivity contribution in [2.24, 2.45) is 0 Å². The van der Waals surface area contributed by atoms with E-state index in [9.17, 15) is 0 Å². The van der Waals surface area contributed by atoms with E-state index in [0.29, 0.717) is 6.42 Å². The number of fused-ring (bicyclic) bond motifs is 1. The van der Waals surface area contributed by atoms with E-state index in [1.54, 1.807) is 0 Å². The van der Waals surface area contributed by atoms with Crippen LogP contribution >= 0.6 is 0 Å². The molecule has 0 spiro atoms. The Bertz CT molecular complexity index is 517. The maximum atomic E-state index is 8.52. The molecule has 0 aliphatic heterocycles. The summed E-state index contributed by atoms with van der Waals surface area (Å²) in [6.07, 6.45) is 4.75. The number of aromatic nitrogens is 1. The van der Waals surface area contributed by atoms with Crippen molar-refractivity contribution in [2.75, 3.05) is 0 Å². The number of hydrogen-bond donors (Lipinski definition) is 0. The summed E-state index contributed by atoms with van der Waals surface area (Å²) < 4.78 is 2.23. The summed E-state index contributed by atoms with van der Waals surface area (Å²) in [6.45, 7) is 3.10. The fourth-order valence-electron chi connectivity index (χ4n) is 1.99. The number of hydrogen-bond acceptors (Lipinski definition) is 1. The van der Waals surface area contributed by atoms with Gasteiger partial charge in [0.05, 0.1) is 6.07 Å². The maximum absolute atomic E-state index is 8.52. The van der Waals surface area contributed by atoms with Crippen LogP contribution in [0, 0.1) is 11.3 Å². The topological polar surface area (TPSA) is 28.7 Å². The third-order valence-corrected chi connectivity index (χ3v) is 2.93. The Kier molecular flexibility index (Phi) is 3.26. The van der Waals surface area contributed by atoms with E-state index in [2.05, 4.69) is 48.0 Å². The Balaban J connectivity index is 2.24. The molecular formula is C14H16N2. The average molecular weight is 212 g/mol. The molecule has 0 saturated carbocycles. The zero-order valence-corrected chi connectivity index (χ0v) is 9.61. The Labute approximate surface area is 96.1 Å². The molecule has 0 bridgehead atoms. The lowest BCUT2D eigenvalue weighted by atomic mass is 10.1. The molecule has 2 heteroatoms. The van der Waals surface area contributed by atoms with Crippen molar-refractivity contribution in [1.82, 2.24) is 4.57 Å². The van der Waals surface area contributed by atoms with Gasteiger partial charge in [0, 0.05) is 24.7 Å². The fourth-order valence-corrected chi connectivity index (χ4v) is 1.99. The minimum absolute atomic E-state index is 0.632. The first kappa shape index (κ1) is 10.8. The first-order valence-electron chi connectivity index (χ1n) is 5.80. The van der Waals surface area contributed by atoms with Crippen LogP contribution in [0.1, 0.15) is 25.3 Å². The highest BCUT2D eigenvalue weighted by Gasteiger charge is 2.01. The van der Waals surface area contributed by atoms with Gasteiger partial charge in [-0.1, -0.05) is 13.0 Å². The molecule has 0 radical (unpaired) electrons. The van der Waals surface area contributed by atoms with Gasteiger partial charge >= 0.3 is 0 Å². The van der Waals surface area contributed by atoms with Crippen molar-refractivity contribution in [1.29, 1.82) is 5.26 Å². The lowest BCUT2D eigenvalue weighted by molar-refractivity contribution is 0.674. The number of unbranched alkanes of at least 4 members (excludes halogenated alkanes) is 1. The second-order valence-electron chi connectivity index (χ2n) is 4.02. The first-order valence-corrected chi connectivity index (χ1v) is 5.80. The fraction of sp³-hybridized carbons (Fsp3) is 0.357. The monoisotopic (exact) mass is 212 g/mol. The highest BCUT2D eigenvalue weighted by atomic mass is 14.9. The third-order valence-electron chi connectivity index (χ3n) is 2.93. The summed E-state index contributed by atoms with van der Waals surface area (Å²) in [5, 5.41) is 9.82. The van der Waals surface area contributed by atoms with Crippen molar-refractivity contribution in [3.8, 4) is 6.07 Å². The van der Waals surface area contributed by atoms with Crippen LogP contribution in [-0.4, -0.2) is 4.57 Å². The molecule has 1 heterocycles. The first-order chi connectivity index (χ1) is 7.85. The van der Waals surface area contributed by atoms with Gasteiger partial charge in [0.2, 0.25) is 0 Å². The molecule has 2 aromatic rings. The Hall–Kier alpha value is -1.75. The molecule has 16 heavy (non-hydrogen) atoms. The largest absolute Gasteiger partial charge is 0.347 e. The Morgan fingerprint density at radius 3 is 2.94 bits per heavy atom. The van der Waals surface area contributed by atoms with E-state index >= 15 is 0 Å². The highest BCUT2D eigenvalue weighted by molar-refractivity contribution is 5.80. The van der Waals surface area contributed by atoms with Gasteiger partial charge in [0.25, 0.3) is 0 Å². The van der Waals surface area contributed by atoms with Gasteiger partial charge in [-0.15, -0.1) is 0 Å². The standard InChI is InChI=1S/C14H16N2/c1-2-12-5-6-14-13(11-12)7-10-16(14)9-4-3-8-15/h5-7,10-11H,2-4,9H2,1H3. The second-order valence-corrected chi connectivity index (χ2v) is 4.02. The van der Waals surface area contributed by atoms with Gasteiger partial charge in [-0.05, 0) is 42.0 Å². The molecule has 2 rings (SSSR count). The van der Waals surface area contributed by atoms with Crippen molar-refractivity contribution in [3.05, 3.63) is 36.0 Å². The lowest BCUT2D eigenvalue weighted by Gasteiger charge is -2.04. The molecular weight excluding hydrogens is 196 g/mol. The van der Waals surface area contributed by atoms with Gasteiger partial charge < -0.3 is 4.57 Å². The van der Waals surface area contributed by atoms with Crippen LogP contribution in [0.2, 0.25) is 0 Å². The molecule has 1 aromatic heterocycles. The molecule has 0 N–H and O–H groups in total. The van der Waals surface area contributed by atoms with Gasteiger partial charge in [-0.25, -0.2) is 0 Å². The van der Waals surface area contributed by atoms with Crippen molar-refractivity contribution in [3.63, 3.8) is 0 Å². The number of nitriles is 1. The summed E-state index contributed by atoms with van der Waals surface area (Å²) in [4.78, 5) is 0. The summed E-state index contributed by atoms with van der Waals surface area (Å²) >= 11 is 0. The van der Waals surface area contributed by atoms with Crippen LogP contribution in [0.5, 0.6) is 0 Å². The summed E-state index contributed by atoms with van der Waals surface area (Å²) in [6, 6.07) is 10.9. The molecule has 1 aromatic carbocycles. The number of benzene rings is 1. The zero-order valence-electron chi connectivity index (χ0n) is 9.61. The molecule has 0 saturated heterocycles. The highest BCUT2D eigenvalue weighted by Crippen LogP contribution is 2.18. The van der Waals surface area contributed by atoms with Crippen molar-refractivity contribution < 1.29 is 0 Å². The van der Waals surface area contributed by atoms with E-state index in [1.807, 2.05) is 0 Å². The predicted molar refractivity (Wildman–Crippen MR) is 66.2 cm³/mol. The number of rotatable bonds is 4. The number of nitrogens with zero attached hydrogens (tertiary/aromatic N) is 2. The van der Waals surface area contributed by atoms with E-state index in [4.69, 9.17) is 5.26 Å². The van der Waals surface area contributed by atoms with Crippen LogP contribution in [0.4, 0.5) is 0 Å².